The van der Waals surface area contributed by atoms with Crippen molar-refractivity contribution in [3.63, 3.8) is 0 Å². The van der Waals surface area contributed by atoms with Crippen molar-refractivity contribution in [1.82, 2.24) is 4.90 Å². The molecule has 1 unspecified atom stereocenters. The monoisotopic (exact) mass is 273 g/mol. The third-order valence-corrected chi connectivity index (χ3v) is 4.83. The predicted octanol–water partition coefficient (Wildman–Crippen LogP) is 1.34. The topological polar surface area (TPSA) is 49.6 Å². The summed E-state index contributed by atoms with van der Waals surface area (Å²) in [7, 11) is 1.98. The largest absolute Gasteiger partial charge is 0.327 e. The Balaban J connectivity index is 1.78. The van der Waals surface area contributed by atoms with Crippen LogP contribution in [0.4, 0.5) is 5.69 Å². The first-order valence-corrected chi connectivity index (χ1v) is 7.38. The highest BCUT2D eigenvalue weighted by atomic mass is 16.2. The van der Waals surface area contributed by atoms with Crippen LogP contribution in [0.1, 0.15) is 25.3 Å². The van der Waals surface area contributed by atoms with Crippen molar-refractivity contribution in [3.8, 4) is 0 Å². The molecule has 2 N–H and O–H groups in total. The fourth-order valence-corrected chi connectivity index (χ4v) is 3.18. The molecular weight excluding hydrogens is 250 g/mol. The van der Waals surface area contributed by atoms with Crippen LogP contribution in [0.3, 0.4) is 0 Å². The third kappa shape index (κ3) is 2.23. The van der Waals surface area contributed by atoms with E-state index in [4.69, 9.17) is 5.73 Å². The maximum Gasteiger partial charge on any atom is 0.241 e. The summed E-state index contributed by atoms with van der Waals surface area (Å²) in [5.74, 6) is 0.180. The molecule has 4 heteroatoms. The second kappa shape index (κ2) is 4.86. The van der Waals surface area contributed by atoms with E-state index in [9.17, 15) is 4.79 Å². The molecule has 1 aliphatic heterocycles. The number of likely N-dealkylation sites (N-methyl/N-ethyl adjacent to an activating group) is 1. The number of benzene rings is 1. The van der Waals surface area contributed by atoms with Gasteiger partial charge in [-0.05, 0) is 44.5 Å². The van der Waals surface area contributed by atoms with Gasteiger partial charge in [-0.3, -0.25) is 9.69 Å². The molecule has 1 atom stereocenters. The minimum Gasteiger partial charge on any atom is -0.327 e. The van der Waals surface area contributed by atoms with Gasteiger partial charge in [0.1, 0.15) is 0 Å². The van der Waals surface area contributed by atoms with Gasteiger partial charge in [-0.2, -0.15) is 0 Å². The lowest BCUT2D eigenvalue weighted by molar-refractivity contribution is -0.120. The summed E-state index contributed by atoms with van der Waals surface area (Å²) in [6.45, 7) is 4.29. The van der Waals surface area contributed by atoms with Gasteiger partial charge >= 0.3 is 0 Å². The van der Waals surface area contributed by atoms with Crippen LogP contribution in [0.5, 0.6) is 0 Å². The van der Waals surface area contributed by atoms with E-state index in [0.717, 1.165) is 18.8 Å². The first-order valence-electron chi connectivity index (χ1n) is 7.38. The second-order valence-corrected chi connectivity index (χ2v) is 6.27. The molecule has 1 saturated heterocycles. The lowest BCUT2D eigenvalue weighted by atomic mass is 9.89. The van der Waals surface area contributed by atoms with E-state index >= 15 is 0 Å². The Hall–Kier alpha value is -1.39. The van der Waals surface area contributed by atoms with Crippen LogP contribution in [0, 0.1) is 0 Å². The highest BCUT2D eigenvalue weighted by Gasteiger charge is 2.47. The lowest BCUT2D eigenvalue weighted by Gasteiger charge is -2.32. The van der Waals surface area contributed by atoms with Gasteiger partial charge in [0.05, 0.1) is 6.54 Å². The molecule has 2 fully saturated rings. The number of nitrogens with two attached hydrogens (primary N) is 1. The third-order valence-electron chi connectivity index (χ3n) is 4.83. The Morgan fingerprint density at radius 2 is 1.85 bits per heavy atom. The Morgan fingerprint density at radius 1 is 1.20 bits per heavy atom. The van der Waals surface area contributed by atoms with Gasteiger partial charge in [0, 0.05) is 30.2 Å². The summed E-state index contributed by atoms with van der Waals surface area (Å²) < 4.78 is 0. The van der Waals surface area contributed by atoms with Crippen LogP contribution < -0.4 is 10.6 Å². The molecule has 1 aromatic rings. The highest BCUT2D eigenvalue weighted by Crippen LogP contribution is 2.50. The summed E-state index contributed by atoms with van der Waals surface area (Å²) in [6.07, 6.45) is 2.36. The first-order chi connectivity index (χ1) is 9.53. The quantitative estimate of drug-likeness (QED) is 0.904. The number of anilines is 1. The van der Waals surface area contributed by atoms with E-state index in [1.54, 1.807) is 0 Å². The highest BCUT2D eigenvalue weighted by molar-refractivity contribution is 5.95. The summed E-state index contributed by atoms with van der Waals surface area (Å²) in [5, 5.41) is 0. The Bertz CT molecular complexity index is 505. The Morgan fingerprint density at radius 3 is 2.35 bits per heavy atom. The zero-order chi connectivity index (χ0) is 14.3. The zero-order valence-corrected chi connectivity index (χ0v) is 12.3. The smallest absolute Gasteiger partial charge is 0.241 e. The second-order valence-electron chi connectivity index (χ2n) is 6.27. The average Bonchev–Trinajstić information content (AvgIpc) is 3.20. The van der Waals surface area contributed by atoms with Gasteiger partial charge in [-0.1, -0.05) is 12.1 Å². The van der Waals surface area contributed by atoms with E-state index in [1.807, 2.05) is 11.9 Å². The van der Waals surface area contributed by atoms with Crippen molar-refractivity contribution < 1.29 is 4.79 Å². The molecule has 0 bridgehead atoms. The molecule has 1 amide bonds. The standard InChI is InChI=1S/C16H23N3O/c1-12(17)16(7-8-16)13-3-5-14(6-4-13)19-10-9-18(2)11-15(19)20/h3-6,12H,7-11,17H2,1-2H3. The minimum atomic E-state index is 0.180. The normalized spacial score (nSPS) is 23.8. The van der Waals surface area contributed by atoms with Crippen LogP contribution in [0.2, 0.25) is 0 Å². The molecule has 1 aliphatic carbocycles. The van der Waals surface area contributed by atoms with E-state index in [-0.39, 0.29) is 17.4 Å². The molecule has 1 heterocycles. The SMILES string of the molecule is CC(N)C1(c2ccc(N3CCN(C)CC3=O)cc2)CC1. The zero-order valence-electron chi connectivity index (χ0n) is 12.3. The van der Waals surface area contributed by atoms with Crippen LogP contribution in [-0.2, 0) is 10.2 Å². The van der Waals surface area contributed by atoms with Gasteiger partial charge in [0.25, 0.3) is 0 Å². The molecule has 0 spiro atoms. The van der Waals surface area contributed by atoms with Crippen molar-refractivity contribution in [3.05, 3.63) is 29.8 Å². The summed E-state index contributed by atoms with van der Waals surface area (Å²) in [6, 6.07) is 8.63. The molecule has 108 valence electrons. The maximum atomic E-state index is 12.1. The number of amides is 1. The molecule has 0 radical (unpaired) electrons. The molecule has 4 nitrogen and oxygen atoms in total. The van der Waals surface area contributed by atoms with Crippen molar-refractivity contribution >= 4 is 11.6 Å². The number of carbonyl (C=O) groups is 1. The maximum absolute atomic E-state index is 12.1. The number of piperazine rings is 1. The van der Waals surface area contributed by atoms with Gasteiger partial charge < -0.3 is 10.6 Å². The van der Waals surface area contributed by atoms with Gasteiger partial charge in [0.2, 0.25) is 5.91 Å². The number of hydrogen-bond donors (Lipinski definition) is 1. The molecule has 1 aromatic carbocycles. The van der Waals surface area contributed by atoms with Crippen molar-refractivity contribution in [1.29, 1.82) is 0 Å². The molecule has 1 saturated carbocycles. The van der Waals surface area contributed by atoms with Crippen LogP contribution >= 0.6 is 0 Å². The van der Waals surface area contributed by atoms with Crippen LogP contribution in [0.25, 0.3) is 0 Å². The van der Waals surface area contributed by atoms with Crippen molar-refractivity contribution in [2.45, 2.75) is 31.2 Å². The summed E-state index contributed by atoms with van der Waals surface area (Å²) in [5.41, 5.74) is 8.62. The average molecular weight is 273 g/mol. The minimum absolute atomic E-state index is 0.180. The number of nitrogens with zero attached hydrogens (tertiary/aromatic N) is 2. The van der Waals surface area contributed by atoms with E-state index in [1.165, 1.54) is 18.4 Å². The fourth-order valence-electron chi connectivity index (χ4n) is 3.18. The van der Waals surface area contributed by atoms with Gasteiger partial charge in [-0.15, -0.1) is 0 Å². The van der Waals surface area contributed by atoms with Crippen LogP contribution in [-0.4, -0.2) is 43.5 Å². The predicted molar refractivity (Wildman–Crippen MR) is 80.9 cm³/mol. The molecular formula is C16H23N3O. The Kier molecular flexibility index (Phi) is 3.30. The van der Waals surface area contributed by atoms with Gasteiger partial charge in [0.15, 0.2) is 0 Å². The van der Waals surface area contributed by atoms with E-state index < -0.39 is 0 Å². The Labute approximate surface area is 120 Å². The number of rotatable bonds is 3. The number of carbonyl (C=O) groups excluding carboxylic acids is 1. The number of hydrogen-bond acceptors (Lipinski definition) is 3. The molecule has 20 heavy (non-hydrogen) atoms. The molecule has 3 rings (SSSR count). The fraction of sp³-hybridized carbons (Fsp3) is 0.562. The van der Waals surface area contributed by atoms with Crippen molar-refractivity contribution in [2.75, 3.05) is 31.6 Å². The summed E-state index contributed by atoms with van der Waals surface area (Å²) in [4.78, 5) is 16.0. The first kappa shape index (κ1) is 13.6. The van der Waals surface area contributed by atoms with Crippen molar-refractivity contribution in [2.24, 2.45) is 5.73 Å². The summed E-state index contributed by atoms with van der Waals surface area (Å²) >= 11 is 0. The molecule has 0 aromatic heterocycles. The van der Waals surface area contributed by atoms with E-state index in [0.29, 0.717) is 6.54 Å². The van der Waals surface area contributed by atoms with Crippen LogP contribution in [0.15, 0.2) is 24.3 Å². The molecule has 2 aliphatic rings. The van der Waals surface area contributed by atoms with Gasteiger partial charge in [-0.25, -0.2) is 0 Å². The lowest BCUT2D eigenvalue weighted by Crippen LogP contribution is -2.48. The van der Waals surface area contributed by atoms with E-state index in [2.05, 4.69) is 36.1 Å².